The van der Waals surface area contributed by atoms with Crippen molar-refractivity contribution in [1.29, 1.82) is 0 Å². The van der Waals surface area contributed by atoms with Crippen molar-refractivity contribution in [2.75, 3.05) is 7.11 Å². The lowest BCUT2D eigenvalue weighted by Gasteiger charge is -2.29. The molecule has 0 saturated carbocycles. The predicted molar refractivity (Wildman–Crippen MR) is 72.4 cm³/mol. The van der Waals surface area contributed by atoms with E-state index in [2.05, 4.69) is 4.74 Å². The number of hydrogen-bond donors (Lipinski definition) is 2. The lowest BCUT2D eigenvalue weighted by atomic mass is 9.92. The average molecular weight is 292 g/mol. The summed E-state index contributed by atoms with van der Waals surface area (Å²) in [4.78, 5) is 23.4. The molecule has 1 aliphatic carbocycles. The van der Waals surface area contributed by atoms with Crippen LogP contribution >= 0.6 is 0 Å². The summed E-state index contributed by atoms with van der Waals surface area (Å²) in [6, 6.07) is 8.25. The standard InChI is InChI=1S/C15H16O6/c1-20-14(18)10-7-11(16)13(17)12(8-10)21-15(19)9-5-3-2-4-6-9/h2-6,8,11-13,16-17H,7H2,1H3/t11-,12-,13-/m1/s1. The van der Waals surface area contributed by atoms with Crippen LogP contribution < -0.4 is 0 Å². The molecule has 0 radical (unpaired) electrons. The molecule has 0 fully saturated rings. The molecule has 3 atom stereocenters. The fourth-order valence-electron chi connectivity index (χ4n) is 2.08. The van der Waals surface area contributed by atoms with Crippen molar-refractivity contribution < 1.29 is 29.3 Å². The normalized spacial score (nSPS) is 24.9. The van der Waals surface area contributed by atoms with Crippen LogP contribution in [-0.2, 0) is 14.3 Å². The number of aliphatic hydroxyl groups excluding tert-OH is 2. The van der Waals surface area contributed by atoms with Crippen molar-refractivity contribution in [3.05, 3.63) is 47.5 Å². The molecule has 0 spiro atoms. The molecule has 21 heavy (non-hydrogen) atoms. The van der Waals surface area contributed by atoms with Crippen LogP contribution in [0, 0.1) is 0 Å². The van der Waals surface area contributed by atoms with E-state index >= 15 is 0 Å². The summed E-state index contributed by atoms with van der Waals surface area (Å²) in [6.45, 7) is 0. The van der Waals surface area contributed by atoms with Crippen molar-refractivity contribution in [1.82, 2.24) is 0 Å². The summed E-state index contributed by atoms with van der Waals surface area (Å²) in [5.41, 5.74) is 0.485. The van der Waals surface area contributed by atoms with Crippen molar-refractivity contribution in [2.45, 2.75) is 24.7 Å². The summed E-state index contributed by atoms with van der Waals surface area (Å²) in [7, 11) is 1.21. The Morgan fingerprint density at radius 1 is 1.14 bits per heavy atom. The minimum Gasteiger partial charge on any atom is -0.466 e. The lowest BCUT2D eigenvalue weighted by molar-refractivity contribution is -0.137. The van der Waals surface area contributed by atoms with Gasteiger partial charge in [0.25, 0.3) is 0 Å². The van der Waals surface area contributed by atoms with Crippen molar-refractivity contribution >= 4 is 11.9 Å². The Hall–Kier alpha value is -2.18. The summed E-state index contributed by atoms with van der Waals surface area (Å²) in [5.74, 6) is -1.27. The van der Waals surface area contributed by atoms with E-state index in [1.807, 2.05) is 0 Å². The zero-order chi connectivity index (χ0) is 15.4. The topological polar surface area (TPSA) is 93.1 Å². The number of ether oxygens (including phenoxy) is 2. The Balaban J connectivity index is 2.16. The number of hydrogen-bond acceptors (Lipinski definition) is 6. The number of methoxy groups -OCH3 is 1. The summed E-state index contributed by atoms with van der Waals surface area (Å²) in [5, 5.41) is 19.6. The molecule has 0 saturated heterocycles. The Morgan fingerprint density at radius 3 is 2.43 bits per heavy atom. The summed E-state index contributed by atoms with van der Waals surface area (Å²) < 4.78 is 9.72. The second-order valence-electron chi connectivity index (χ2n) is 4.68. The van der Waals surface area contributed by atoms with Gasteiger partial charge < -0.3 is 19.7 Å². The number of benzene rings is 1. The van der Waals surface area contributed by atoms with Gasteiger partial charge in [-0.05, 0) is 18.2 Å². The monoisotopic (exact) mass is 292 g/mol. The third kappa shape index (κ3) is 3.48. The second-order valence-corrected chi connectivity index (χ2v) is 4.68. The van der Waals surface area contributed by atoms with Crippen molar-refractivity contribution in [2.24, 2.45) is 0 Å². The fraction of sp³-hybridized carbons (Fsp3) is 0.333. The minimum atomic E-state index is -1.29. The molecule has 0 aliphatic heterocycles. The molecule has 2 N–H and O–H groups in total. The van der Waals surface area contributed by atoms with Crippen LogP contribution in [0.2, 0.25) is 0 Å². The Morgan fingerprint density at radius 2 is 1.81 bits per heavy atom. The number of rotatable bonds is 3. The highest BCUT2D eigenvalue weighted by Gasteiger charge is 2.35. The molecule has 1 aromatic rings. The maximum absolute atomic E-state index is 12.0. The first-order valence-corrected chi connectivity index (χ1v) is 6.44. The highest BCUT2D eigenvalue weighted by molar-refractivity contribution is 5.90. The zero-order valence-corrected chi connectivity index (χ0v) is 11.4. The molecule has 1 aromatic carbocycles. The van der Waals surface area contributed by atoms with E-state index in [0.29, 0.717) is 5.56 Å². The van der Waals surface area contributed by atoms with Crippen LogP contribution in [-0.4, -0.2) is 47.6 Å². The molecule has 6 nitrogen and oxygen atoms in total. The van der Waals surface area contributed by atoms with E-state index in [0.717, 1.165) is 0 Å². The van der Waals surface area contributed by atoms with Crippen LogP contribution in [0.3, 0.4) is 0 Å². The molecule has 112 valence electrons. The van der Waals surface area contributed by atoms with Gasteiger partial charge in [0.05, 0.1) is 18.8 Å². The highest BCUT2D eigenvalue weighted by atomic mass is 16.6. The van der Waals surface area contributed by atoms with E-state index in [1.54, 1.807) is 30.3 Å². The maximum Gasteiger partial charge on any atom is 0.338 e. The molecule has 1 aliphatic rings. The van der Waals surface area contributed by atoms with Gasteiger partial charge >= 0.3 is 11.9 Å². The second kappa shape index (κ2) is 6.51. The van der Waals surface area contributed by atoms with Crippen LogP contribution in [0.5, 0.6) is 0 Å². The minimum absolute atomic E-state index is 0.0484. The van der Waals surface area contributed by atoms with Crippen LogP contribution in [0.25, 0.3) is 0 Å². The highest BCUT2D eigenvalue weighted by Crippen LogP contribution is 2.23. The maximum atomic E-state index is 12.0. The van der Waals surface area contributed by atoms with Gasteiger partial charge in [-0.15, -0.1) is 0 Å². The molecule has 0 amide bonds. The molecule has 0 bridgehead atoms. The summed E-state index contributed by atoms with van der Waals surface area (Å²) >= 11 is 0. The quantitative estimate of drug-likeness (QED) is 0.785. The van der Waals surface area contributed by atoms with Gasteiger partial charge in [0.2, 0.25) is 0 Å². The van der Waals surface area contributed by atoms with E-state index in [9.17, 15) is 19.8 Å². The molecule has 6 heteroatoms. The van der Waals surface area contributed by atoms with Gasteiger partial charge in [-0.1, -0.05) is 18.2 Å². The summed E-state index contributed by atoms with van der Waals surface area (Å²) in [6.07, 6.45) is -2.32. The van der Waals surface area contributed by atoms with Gasteiger partial charge in [-0.2, -0.15) is 0 Å². The van der Waals surface area contributed by atoms with Crippen molar-refractivity contribution in [3.8, 4) is 0 Å². The number of carbonyl (C=O) groups is 2. The van der Waals surface area contributed by atoms with E-state index in [-0.39, 0.29) is 12.0 Å². The van der Waals surface area contributed by atoms with Crippen LogP contribution in [0.4, 0.5) is 0 Å². The van der Waals surface area contributed by atoms with Gasteiger partial charge in [0.1, 0.15) is 12.2 Å². The fourth-order valence-corrected chi connectivity index (χ4v) is 2.08. The zero-order valence-electron chi connectivity index (χ0n) is 11.4. The van der Waals surface area contributed by atoms with E-state index < -0.39 is 30.3 Å². The number of carbonyl (C=O) groups excluding carboxylic acids is 2. The van der Waals surface area contributed by atoms with Gasteiger partial charge in [-0.25, -0.2) is 9.59 Å². The van der Waals surface area contributed by atoms with Gasteiger partial charge in [0.15, 0.2) is 0 Å². The average Bonchev–Trinajstić information content (AvgIpc) is 2.51. The molecular weight excluding hydrogens is 276 g/mol. The first kappa shape index (κ1) is 15.2. The molecule has 0 aromatic heterocycles. The number of esters is 2. The molecule has 0 heterocycles. The largest absolute Gasteiger partial charge is 0.466 e. The Kier molecular flexibility index (Phi) is 4.72. The smallest absolute Gasteiger partial charge is 0.338 e. The lowest BCUT2D eigenvalue weighted by Crippen LogP contribution is -2.43. The first-order chi connectivity index (χ1) is 10.0. The SMILES string of the molecule is COC(=O)C1=C[C@@H](OC(=O)c2ccccc2)[C@H](O)[C@H](O)C1. The van der Waals surface area contributed by atoms with E-state index in [4.69, 9.17) is 4.74 Å². The third-order valence-corrected chi connectivity index (χ3v) is 3.23. The molecule has 2 rings (SSSR count). The van der Waals surface area contributed by atoms with Crippen molar-refractivity contribution in [3.63, 3.8) is 0 Å². The predicted octanol–water partition coefficient (Wildman–Crippen LogP) is 0.437. The van der Waals surface area contributed by atoms with Crippen LogP contribution in [0.15, 0.2) is 42.0 Å². The number of aliphatic hydroxyl groups is 2. The molecular formula is C15H16O6. The Labute approximate surface area is 121 Å². The van der Waals surface area contributed by atoms with Gasteiger partial charge in [-0.3, -0.25) is 0 Å². The Bertz CT molecular complexity index is 551. The van der Waals surface area contributed by atoms with E-state index in [1.165, 1.54) is 13.2 Å². The third-order valence-electron chi connectivity index (χ3n) is 3.23. The van der Waals surface area contributed by atoms with Gasteiger partial charge in [0, 0.05) is 12.0 Å². The molecule has 0 unspecified atom stereocenters. The first-order valence-electron chi connectivity index (χ1n) is 6.44. The van der Waals surface area contributed by atoms with Crippen LogP contribution in [0.1, 0.15) is 16.8 Å².